The quantitative estimate of drug-likeness (QED) is 0.568. The van der Waals surface area contributed by atoms with Crippen LogP contribution in [0.2, 0.25) is 0 Å². The summed E-state index contributed by atoms with van der Waals surface area (Å²) in [4.78, 5) is 31.2. The van der Waals surface area contributed by atoms with Crippen LogP contribution in [0, 0.1) is 0 Å². The zero-order valence-corrected chi connectivity index (χ0v) is 15.0. The number of rotatable bonds is 7. The normalized spacial score (nSPS) is 13.9. The first-order valence-corrected chi connectivity index (χ1v) is 9.67. The van der Waals surface area contributed by atoms with Crippen LogP contribution in [-0.4, -0.2) is 22.1 Å². The fourth-order valence-corrected chi connectivity index (χ4v) is 4.41. The van der Waals surface area contributed by atoms with Gasteiger partial charge in [-0.15, -0.1) is 11.3 Å². The van der Waals surface area contributed by atoms with Crippen molar-refractivity contribution in [2.75, 3.05) is 6.61 Å². The van der Waals surface area contributed by atoms with Crippen LogP contribution in [0.1, 0.15) is 55.9 Å². The van der Waals surface area contributed by atoms with Crippen LogP contribution in [0.4, 0.5) is 0 Å². The molecule has 0 bridgehead atoms. The molecule has 2 heterocycles. The van der Waals surface area contributed by atoms with Crippen molar-refractivity contribution in [3.8, 4) is 0 Å². The maximum absolute atomic E-state index is 12.7. The van der Waals surface area contributed by atoms with Crippen LogP contribution >= 0.6 is 11.3 Å². The molecule has 24 heavy (non-hydrogen) atoms. The Bertz CT molecular complexity index is 778. The Labute approximate surface area is 145 Å². The highest BCUT2D eigenvalue weighted by molar-refractivity contribution is 7.18. The van der Waals surface area contributed by atoms with Crippen LogP contribution in [0.25, 0.3) is 10.2 Å². The van der Waals surface area contributed by atoms with E-state index < -0.39 is 0 Å². The van der Waals surface area contributed by atoms with Crippen molar-refractivity contribution in [3.05, 3.63) is 27.1 Å². The van der Waals surface area contributed by atoms with Crippen molar-refractivity contribution in [2.24, 2.45) is 0 Å². The molecule has 1 aliphatic rings. The third-order valence-corrected chi connectivity index (χ3v) is 5.70. The number of carbonyl (C=O) groups is 1. The van der Waals surface area contributed by atoms with E-state index in [4.69, 9.17) is 4.74 Å². The molecule has 6 heteroatoms. The molecule has 0 unspecified atom stereocenters. The monoisotopic (exact) mass is 348 g/mol. The number of nitrogens with zero attached hydrogens (tertiary/aromatic N) is 2. The SMILES string of the molecule is CCCCCCOC(=O)Cn1cnc2sc3c(c2c1=O)CCCC3. The minimum absolute atomic E-state index is 0.0554. The maximum atomic E-state index is 12.7. The molecule has 0 saturated carbocycles. The lowest BCUT2D eigenvalue weighted by Crippen LogP contribution is -2.26. The van der Waals surface area contributed by atoms with Crippen LogP contribution in [0.3, 0.4) is 0 Å². The molecule has 0 aliphatic heterocycles. The summed E-state index contributed by atoms with van der Waals surface area (Å²) in [6.07, 6.45) is 10.0. The van der Waals surface area contributed by atoms with Gasteiger partial charge < -0.3 is 4.74 Å². The van der Waals surface area contributed by atoms with Crippen molar-refractivity contribution < 1.29 is 9.53 Å². The van der Waals surface area contributed by atoms with Crippen molar-refractivity contribution in [1.29, 1.82) is 0 Å². The first kappa shape index (κ1) is 17.1. The molecule has 0 saturated heterocycles. The van der Waals surface area contributed by atoms with Gasteiger partial charge in [0.05, 0.1) is 18.3 Å². The zero-order chi connectivity index (χ0) is 16.9. The molecular formula is C18H24N2O3S. The Morgan fingerprint density at radius 1 is 1.29 bits per heavy atom. The molecule has 0 N–H and O–H groups in total. The number of thiophene rings is 1. The Morgan fingerprint density at radius 3 is 2.96 bits per heavy atom. The van der Waals surface area contributed by atoms with Gasteiger partial charge in [0.15, 0.2) is 0 Å². The highest BCUT2D eigenvalue weighted by Gasteiger charge is 2.20. The van der Waals surface area contributed by atoms with Gasteiger partial charge in [0.1, 0.15) is 11.4 Å². The summed E-state index contributed by atoms with van der Waals surface area (Å²) < 4.78 is 6.62. The lowest BCUT2D eigenvalue weighted by atomic mass is 9.97. The van der Waals surface area contributed by atoms with Gasteiger partial charge >= 0.3 is 5.97 Å². The summed E-state index contributed by atoms with van der Waals surface area (Å²) in [7, 11) is 0. The molecule has 0 aromatic carbocycles. The summed E-state index contributed by atoms with van der Waals surface area (Å²) in [5.41, 5.74) is 1.04. The maximum Gasteiger partial charge on any atom is 0.326 e. The van der Waals surface area contributed by atoms with E-state index in [1.807, 2.05) is 0 Å². The van der Waals surface area contributed by atoms with E-state index in [1.54, 1.807) is 11.3 Å². The summed E-state index contributed by atoms with van der Waals surface area (Å²) in [6.45, 7) is 2.52. The van der Waals surface area contributed by atoms with Crippen molar-refractivity contribution in [1.82, 2.24) is 9.55 Å². The van der Waals surface area contributed by atoms with Crippen LogP contribution < -0.4 is 5.56 Å². The second-order valence-corrected chi connectivity index (χ2v) is 7.43. The Balaban J connectivity index is 1.70. The van der Waals surface area contributed by atoms with E-state index in [1.165, 1.54) is 22.2 Å². The molecular weight excluding hydrogens is 324 g/mol. The van der Waals surface area contributed by atoms with Gasteiger partial charge in [-0.1, -0.05) is 26.2 Å². The lowest BCUT2D eigenvalue weighted by Gasteiger charge is -2.10. The van der Waals surface area contributed by atoms with E-state index in [0.29, 0.717) is 12.0 Å². The summed E-state index contributed by atoms with van der Waals surface area (Å²) in [6, 6.07) is 0. The van der Waals surface area contributed by atoms with Gasteiger partial charge in [-0.05, 0) is 37.7 Å². The molecule has 5 nitrogen and oxygen atoms in total. The lowest BCUT2D eigenvalue weighted by molar-refractivity contribution is -0.144. The second kappa shape index (κ2) is 7.92. The van der Waals surface area contributed by atoms with Gasteiger partial charge in [0.2, 0.25) is 0 Å². The number of aromatic nitrogens is 2. The standard InChI is InChI=1S/C18H24N2O3S/c1-2-3-4-7-10-23-15(21)11-20-12-19-17-16(18(20)22)13-8-5-6-9-14(13)24-17/h12H,2-11H2,1H3. The molecule has 3 rings (SSSR count). The fourth-order valence-electron chi connectivity index (χ4n) is 3.19. The smallest absolute Gasteiger partial charge is 0.326 e. The number of fused-ring (bicyclic) bond motifs is 3. The van der Waals surface area contributed by atoms with E-state index in [-0.39, 0.29) is 18.1 Å². The Kier molecular flexibility index (Phi) is 5.66. The third-order valence-electron chi connectivity index (χ3n) is 4.50. The molecule has 1 aliphatic carbocycles. The largest absolute Gasteiger partial charge is 0.464 e. The number of hydrogen-bond donors (Lipinski definition) is 0. The van der Waals surface area contributed by atoms with Crippen molar-refractivity contribution in [3.63, 3.8) is 0 Å². The average molecular weight is 348 g/mol. The number of hydrogen-bond acceptors (Lipinski definition) is 5. The molecule has 130 valence electrons. The van der Waals surface area contributed by atoms with Gasteiger partial charge in [0.25, 0.3) is 5.56 Å². The van der Waals surface area contributed by atoms with Crippen LogP contribution in [0.15, 0.2) is 11.1 Å². The van der Waals surface area contributed by atoms with Gasteiger partial charge in [-0.2, -0.15) is 0 Å². The van der Waals surface area contributed by atoms with Crippen molar-refractivity contribution >= 4 is 27.5 Å². The third kappa shape index (κ3) is 3.69. The molecule has 0 atom stereocenters. The molecule has 0 spiro atoms. The zero-order valence-electron chi connectivity index (χ0n) is 14.2. The Morgan fingerprint density at radius 2 is 2.12 bits per heavy atom. The van der Waals surface area contributed by atoms with Crippen LogP contribution in [0.5, 0.6) is 0 Å². The minimum atomic E-state index is -0.362. The topological polar surface area (TPSA) is 61.2 Å². The van der Waals surface area contributed by atoms with Gasteiger partial charge in [-0.3, -0.25) is 14.2 Å². The number of aryl methyl sites for hydroxylation is 2. The van der Waals surface area contributed by atoms with Gasteiger partial charge in [-0.25, -0.2) is 4.98 Å². The fraction of sp³-hybridized carbons (Fsp3) is 0.611. The molecule has 2 aromatic rings. The molecule has 0 fully saturated rings. The summed E-state index contributed by atoms with van der Waals surface area (Å²) in [5.74, 6) is -0.362. The highest BCUT2D eigenvalue weighted by atomic mass is 32.1. The van der Waals surface area contributed by atoms with Crippen molar-refractivity contribution in [2.45, 2.75) is 64.8 Å². The predicted molar refractivity (Wildman–Crippen MR) is 95.6 cm³/mol. The minimum Gasteiger partial charge on any atom is -0.464 e. The summed E-state index contributed by atoms with van der Waals surface area (Å²) >= 11 is 1.62. The number of ether oxygens (including phenoxy) is 1. The second-order valence-electron chi connectivity index (χ2n) is 6.35. The highest BCUT2D eigenvalue weighted by Crippen LogP contribution is 2.33. The number of unbranched alkanes of at least 4 members (excludes halogenated alkanes) is 3. The van der Waals surface area contributed by atoms with E-state index >= 15 is 0 Å². The van der Waals surface area contributed by atoms with E-state index in [2.05, 4.69) is 11.9 Å². The van der Waals surface area contributed by atoms with E-state index in [0.717, 1.165) is 55.3 Å². The summed E-state index contributed by atoms with van der Waals surface area (Å²) in [5, 5.41) is 0.716. The van der Waals surface area contributed by atoms with Crippen LogP contribution in [-0.2, 0) is 28.9 Å². The number of esters is 1. The molecule has 2 aromatic heterocycles. The van der Waals surface area contributed by atoms with E-state index in [9.17, 15) is 9.59 Å². The first-order valence-electron chi connectivity index (χ1n) is 8.86. The first-order chi connectivity index (χ1) is 11.7. The molecule has 0 radical (unpaired) electrons. The predicted octanol–water partition coefficient (Wildman–Crippen LogP) is 3.46. The average Bonchev–Trinajstić information content (AvgIpc) is 2.96. The Hall–Kier alpha value is -1.69. The molecule has 0 amide bonds. The number of carbonyl (C=O) groups excluding carboxylic acids is 1. The van der Waals surface area contributed by atoms with Gasteiger partial charge in [0, 0.05) is 4.88 Å².